The van der Waals surface area contributed by atoms with E-state index in [1.165, 1.54) is 5.56 Å². The molecule has 25 heavy (non-hydrogen) atoms. The molecule has 0 aliphatic rings. The number of nitrogens with zero attached hydrogens (tertiary/aromatic N) is 1. The minimum absolute atomic E-state index is 0.750. The molecule has 3 N–H and O–H groups in total. The Bertz CT molecular complexity index is 679. The van der Waals surface area contributed by atoms with E-state index in [1.54, 1.807) is 26.6 Å². The van der Waals surface area contributed by atoms with Crippen molar-refractivity contribution in [3.63, 3.8) is 0 Å². The van der Waals surface area contributed by atoms with E-state index < -0.39 is 11.9 Å². The standard InChI is InChI=1S/C15H18N2O2.C2H2O4/c1-18-14-4-3-13(9-15(14)19-2)11-17-10-12-5-7-16-8-6-12;3-1(4)2(5)6/h3-9,17H,10-11H2,1-2H3;(H,3,4)(H,5,6). The highest BCUT2D eigenvalue weighted by Gasteiger charge is 2.04. The summed E-state index contributed by atoms with van der Waals surface area (Å²) in [5.74, 6) is -2.14. The Morgan fingerprint density at radius 1 is 0.920 bits per heavy atom. The summed E-state index contributed by atoms with van der Waals surface area (Å²) in [6.07, 6.45) is 3.60. The lowest BCUT2D eigenvalue weighted by atomic mass is 10.2. The summed E-state index contributed by atoms with van der Waals surface area (Å²) in [5, 5.41) is 18.2. The molecule has 8 heteroatoms. The Labute approximate surface area is 145 Å². The summed E-state index contributed by atoms with van der Waals surface area (Å²) in [4.78, 5) is 22.2. The van der Waals surface area contributed by atoms with Crippen molar-refractivity contribution in [2.75, 3.05) is 14.2 Å². The fraction of sp³-hybridized carbons (Fsp3) is 0.235. The van der Waals surface area contributed by atoms with Crippen LogP contribution in [0.25, 0.3) is 0 Å². The predicted octanol–water partition coefficient (Wildman–Crippen LogP) is 1.54. The number of aliphatic carboxylic acids is 2. The number of aromatic nitrogens is 1. The highest BCUT2D eigenvalue weighted by atomic mass is 16.5. The van der Waals surface area contributed by atoms with Crippen LogP contribution in [0.15, 0.2) is 42.7 Å². The third-order valence-corrected chi connectivity index (χ3v) is 3.04. The highest BCUT2D eigenvalue weighted by Crippen LogP contribution is 2.27. The molecular formula is C17H20N2O6. The molecule has 0 bridgehead atoms. The number of carboxylic acids is 2. The van der Waals surface area contributed by atoms with E-state index in [2.05, 4.69) is 10.3 Å². The number of ether oxygens (including phenoxy) is 2. The van der Waals surface area contributed by atoms with E-state index in [0.29, 0.717) is 0 Å². The van der Waals surface area contributed by atoms with E-state index in [0.717, 1.165) is 30.2 Å². The second-order valence-corrected chi connectivity index (χ2v) is 4.76. The van der Waals surface area contributed by atoms with Gasteiger partial charge in [0.15, 0.2) is 11.5 Å². The Balaban J connectivity index is 0.000000450. The van der Waals surface area contributed by atoms with Gasteiger partial charge >= 0.3 is 11.9 Å². The van der Waals surface area contributed by atoms with Gasteiger partial charge in [-0.2, -0.15) is 0 Å². The van der Waals surface area contributed by atoms with Crippen molar-refractivity contribution >= 4 is 11.9 Å². The van der Waals surface area contributed by atoms with E-state index in [1.807, 2.05) is 30.3 Å². The molecule has 0 atom stereocenters. The molecule has 0 fully saturated rings. The first-order chi connectivity index (χ1) is 12.0. The van der Waals surface area contributed by atoms with Crippen molar-refractivity contribution in [2.24, 2.45) is 0 Å². The van der Waals surface area contributed by atoms with Gasteiger partial charge in [0.1, 0.15) is 0 Å². The van der Waals surface area contributed by atoms with Crippen LogP contribution in [0, 0.1) is 0 Å². The van der Waals surface area contributed by atoms with Gasteiger partial charge in [-0.05, 0) is 35.4 Å². The van der Waals surface area contributed by atoms with E-state index in [9.17, 15) is 0 Å². The van der Waals surface area contributed by atoms with Crippen molar-refractivity contribution < 1.29 is 29.3 Å². The summed E-state index contributed by atoms with van der Waals surface area (Å²) in [6.45, 7) is 1.60. The Morgan fingerprint density at radius 2 is 1.48 bits per heavy atom. The third-order valence-electron chi connectivity index (χ3n) is 3.04. The van der Waals surface area contributed by atoms with Gasteiger partial charge in [-0.3, -0.25) is 4.98 Å². The summed E-state index contributed by atoms with van der Waals surface area (Å²) in [7, 11) is 3.28. The SMILES string of the molecule is COc1ccc(CNCc2ccncc2)cc1OC.O=C(O)C(=O)O. The van der Waals surface area contributed by atoms with Gasteiger partial charge in [-0.15, -0.1) is 0 Å². The van der Waals surface area contributed by atoms with Crippen molar-refractivity contribution in [1.82, 2.24) is 10.3 Å². The molecule has 0 spiro atoms. The molecule has 1 aromatic carbocycles. The van der Waals surface area contributed by atoms with Gasteiger partial charge < -0.3 is 25.0 Å². The van der Waals surface area contributed by atoms with Crippen LogP contribution in [0.4, 0.5) is 0 Å². The van der Waals surface area contributed by atoms with E-state index >= 15 is 0 Å². The minimum atomic E-state index is -1.82. The molecule has 2 rings (SSSR count). The molecule has 134 valence electrons. The Morgan fingerprint density at radius 3 is 2.00 bits per heavy atom. The van der Waals surface area contributed by atoms with Gasteiger partial charge in [0.25, 0.3) is 0 Å². The molecule has 1 heterocycles. The number of methoxy groups -OCH3 is 2. The van der Waals surface area contributed by atoms with Crippen LogP contribution in [0.1, 0.15) is 11.1 Å². The highest BCUT2D eigenvalue weighted by molar-refractivity contribution is 6.27. The second kappa shape index (κ2) is 10.6. The van der Waals surface area contributed by atoms with Crippen LogP contribution in [-0.2, 0) is 22.7 Å². The number of carbonyl (C=O) groups is 2. The van der Waals surface area contributed by atoms with E-state index in [4.69, 9.17) is 29.3 Å². The maximum Gasteiger partial charge on any atom is 0.414 e. The number of carboxylic acid groups (broad SMARTS) is 2. The van der Waals surface area contributed by atoms with Crippen LogP contribution in [0.2, 0.25) is 0 Å². The van der Waals surface area contributed by atoms with Crippen molar-refractivity contribution in [3.8, 4) is 11.5 Å². The number of rotatable bonds is 6. The maximum atomic E-state index is 9.10. The van der Waals surface area contributed by atoms with E-state index in [-0.39, 0.29) is 0 Å². The van der Waals surface area contributed by atoms with Gasteiger partial charge in [-0.1, -0.05) is 6.07 Å². The van der Waals surface area contributed by atoms with Gasteiger partial charge in [0, 0.05) is 25.5 Å². The molecule has 8 nitrogen and oxygen atoms in total. The fourth-order valence-corrected chi connectivity index (χ4v) is 1.84. The number of nitrogens with one attached hydrogen (secondary N) is 1. The lowest BCUT2D eigenvalue weighted by Crippen LogP contribution is -2.12. The topological polar surface area (TPSA) is 118 Å². The molecule has 0 aliphatic carbocycles. The molecule has 0 aliphatic heterocycles. The smallest absolute Gasteiger partial charge is 0.414 e. The molecule has 1 aromatic heterocycles. The minimum Gasteiger partial charge on any atom is -0.493 e. The molecule has 0 unspecified atom stereocenters. The second-order valence-electron chi connectivity index (χ2n) is 4.76. The first kappa shape index (κ1) is 19.9. The number of pyridine rings is 1. The summed E-state index contributed by atoms with van der Waals surface area (Å²) in [5.41, 5.74) is 2.38. The first-order valence-corrected chi connectivity index (χ1v) is 7.24. The van der Waals surface area contributed by atoms with Crippen LogP contribution >= 0.6 is 0 Å². The fourth-order valence-electron chi connectivity index (χ4n) is 1.84. The number of hydrogen-bond donors (Lipinski definition) is 3. The first-order valence-electron chi connectivity index (χ1n) is 7.24. The lowest BCUT2D eigenvalue weighted by molar-refractivity contribution is -0.159. The van der Waals surface area contributed by atoms with Crippen molar-refractivity contribution in [3.05, 3.63) is 53.9 Å². The monoisotopic (exact) mass is 348 g/mol. The van der Waals surface area contributed by atoms with Gasteiger partial charge in [0.2, 0.25) is 0 Å². The Kier molecular flexibility index (Phi) is 8.45. The molecular weight excluding hydrogens is 328 g/mol. The predicted molar refractivity (Wildman–Crippen MR) is 89.6 cm³/mol. The molecule has 0 radical (unpaired) electrons. The molecule has 0 saturated heterocycles. The zero-order valence-corrected chi connectivity index (χ0v) is 13.9. The largest absolute Gasteiger partial charge is 0.493 e. The maximum absolute atomic E-state index is 9.10. The molecule has 0 saturated carbocycles. The van der Waals surface area contributed by atoms with Crippen LogP contribution in [0.3, 0.4) is 0 Å². The summed E-state index contributed by atoms with van der Waals surface area (Å²) >= 11 is 0. The average molecular weight is 348 g/mol. The summed E-state index contributed by atoms with van der Waals surface area (Å²) < 4.78 is 10.5. The Hall–Kier alpha value is -3.13. The zero-order valence-electron chi connectivity index (χ0n) is 13.9. The average Bonchev–Trinajstić information content (AvgIpc) is 2.63. The van der Waals surface area contributed by atoms with Crippen molar-refractivity contribution in [2.45, 2.75) is 13.1 Å². The van der Waals surface area contributed by atoms with Crippen LogP contribution < -0.4 is 14.8 Å². The normalized spacial score (nSPS) is 9.52. The third kappa shape index (κ3) is 7.32. The molecule has 2 aromatic rings. The van der Waals surface area contributed by atoms with Crippen LogP contribution in [0.5, 0.6) is 11.5 Å². The summed E-state index contributed by atoms with van der Waals surface area (Å²) in [6, 6.07) is 9.94. The lowest BCUT2D eigenvalue weighted by Gasteiger charge is -2.10. The quantitative estimate of drug-likeness (QED) is 0.673. The van der Waals surface area contributed by atoms with Crippen molar-refractivity contribution in [1.29, 1.82) is 0 Å². The number of benzene rings is 1. The zero-order chi connectivity index (χ0) is 18.7. The number of hydrogen-bond acceptors (Lipinski definition) is 6. The van der Waals surface area contributed by atoms with Gasteiger partial charge in [-0.25, -0.2) is 9.59 Å². The van der Waals surface area contributed by atoms with Gasteiger partial charge in [0.05, 0.1) is 14.2 Å². The van der Waals surface area contributed by atoms with Crippen LogP contribution in [-0.4, -0.2) is 41.4 Å². The molecule has 0 amide bonds.